The van der Waals surface area contributed by atoms with Crippen molar-refractivity contribution in [2.45, 2.75) is 46.1 Å². The van der Waals surface area contributed by atoms with Gasteiger partial charge >= 0.3 is 6.01 Å². The SMILES string of the molecule is CCOc1nc(NN)nc(NC2CCC(C)CC2C)n1. The van der Waals surface area contributed by atoms with Crippen molar-refractivity contribution < 1.29 is 4.74 Å². The predicted molar refractivity (Wildman–Crippen MR) is 78.4 cm³/mol. The zero-order valence-electron chi connectivity index (χ0n) is 12.4. The lowest BCUT2D eigenvalue weighted by Crippen LogP contribution is -2.33. The minimum absolute atomic E-state index is 0.287. The van der Waals surface area contributed by atoms with Crippen LogP contribution in [0, 0.1) is 11.8 Å². The molecule has 0 spiro atoms. The maximum atomic E-state index is 5.38. The molecule has 0 bridgehead atoms. The van der Waals surface area contributed by atoms with E-state index in [1.165, 1.54) is 12.8 Å². The topological polar surface area (TPSA) is 98.0 Å². The van der Waals surface area contributed by atoms with E-state index < -0.39 is 0 Å². The van der Waals surface area contributed by atoms with E-state index in [4.69, 9.17) is 10.6 Å². The van der Waals surface area contributed by atoms with Gasteiger partial charge in [-0.25, -0.2) is 5.84 Å². The summed E-state index contributed by atoms with van der Waals surface area (Å²) in [5.41, 5.74) is 2.44. The molecular formula is C13H24N6O. The number of nitrogens with one attached hydrogen (secondary N) is 2. The Morgan fingerprint density at radius 2 is 1.95 bits per heavy atom. The van der Waals surface area contributed by atoms with Gasteiger partial charge in [-0.1, -0.05) is 13.8 Å². The Bertz CT molecular complexity index is 441. The van der Waals surface area contributed by atoms with Crippen LogP contribution >= 0.6 is 0 Å². The molecule has 20 heavy (non-hydrogen) atoms. The third kappa shape index (κ3) is 3.69. The van der Waals surface area contributed by atoms with Gasteiger partial charge < -0.3 is 10.1 Å². The first-order valence-corrected chi connectivity index (χ1v) is 7.24. The first-order chi connectivity index (χ1) is 9.62. The first kappa shape index (κ1) is 14.8. The van der Waals surface area contributed by atoms with Crippen LogP contribution in [0.25, 0.3) is 0 Å². The Morgan fingerprint density at radius 3 is 2.60 bits per heavy atom. The zero-order valence-corrected chi connectivity index (χ0v) is 12.4. The number of hydrogen-bond acceptors (Lipinski definition) is 7. The highest BCUT2D eigenvalue weighted by Crippen LogP contribution is 2.30. The van der Waals surface area contributed by atoms with Crippen molar-refractivity contribution in [1.82, 2.24) is 15.0 Å². The van der Waals surface area contributed by atoms with Crippen LogP contribution in [0.2, 0.25) is 0 Å². The second-order valence-corrected chi connectivity index (χ2v) is 5.49. The molecule has 4 N–H and O–H groups in total. The summed E-state index contributed by atoms with van der Waals surface area (Å²) in [5.74, 6) is 7.59. The molecule has 7 nitrogen and oxygen atoms in total. The molecule has 0 radical (unpaired) electrons. The highest BCUT2D eigenvalue weighted by molar-refractivity contribution is 5.36. The monoisotopic (exact) mass is 280 g/mol. The molecule has 0 aliphatic heterocycles. The number of hydrazine groups is 1. The number of nitrogen functional groups attached to an aromatic ring is 1. The van der Waals surface area contributed by atoms with Gasteiger partial charge in [0.2, 0.25) is 11.9 Å². The second kappa shape index (κ2) is 6.69. The predicted octanol–water partition coefficient (Wildman–Crippen LogP) is 1.79. The van der Waals surface area contributed by atoms with Crippen LogP contribution in [-0.4, -0.2) is 27.6 Å². The molecule has 1 fully saturated rings. The van der Waals surface area contributed by atoms with E-state index in [9.17, 15) is 0 Å². The Labute approximate surface area is 119 Å². The molecule has 1 saturated carbocycles. The summed E-state index contributed by atoms with van der Waals surface area (Å²) in [6.07, 6.45) is 3.58. The maximum absolute atomic E-state index is 5.38. The van der Waals surface area contributed by atoms with Gasteiger partial charge in [-0.05, 0) is 38.0 Å². The minimum Gasteiger partial charge on any atom is -0.464 e. The maximum Gasteiger partial charge on any atom is 0.323 e. The Morgan fingerprint density at radius 1 is 1.20 bits per heavy atom. The molecule has 3 atom stereocenters. The number of anilines is 2. The number of hydrogen-bond donors (Lipinski definition) is 3. The summed E-state index contributed by atoms with van der Waals surface area (Å²) < 4.78 is 5.32. The van der Waals surface area contributed by atoms with Crippen LogP contribution in [-0.2, 0) is 0 Å². The van der Waals surface area contributed by atoms with Crippen LogP contribution in [0.3, 0.4) is 0 Å². The van der Waals surface area contributed by atoms with E-state index in [0.29, 0.717) is 30.5 Å². The smallest absolute Gasteiger partial charge is 0.323 e. The third-order valence-electron chi connectivity index (χ3n) is 3.76. The fourth-order valence-electron chi connectivity index (χ4n) is 2.72. The van der Waals surface area contributed by atoms with Crippen LogP contribution in [0.1, 0.15) is 40.0 Å². The normalized spacial score (nSPS) is 26.1. The molecule has 1 heterocycles. The molecule has 7 heteroatoms. The molecule has 3 unspecified atom stereocenters. The average molecular weight is 280 g/mol. The standard InChI is InChI=1S/C13H24N6O/c1-4-20-13-17-11(16-12(18-13)19-14)15-10-6-5-8(2)7-9(10)3/h8-10H,4-7,14H2,1-3H3,(H2,15,16,17,18,19). The van der Waals surface area contributed by atoms with Crippen molar-refractivity contribution >= 4 is 11.9 Å². The van der Waals surface area contributed by atoms with Crippen molar-refractivity contribution in [2.24, 2.45) is 17.7 Å². The molecule has 1 aliphatic rings. The molecule has 1 aromatic rings. The van der Waals surface area contributed by atoms with Gasteiger partial charge in [0.05, 0.1) is 6.61 Å². The molecule has 0 amide bonds. The van der Waals surface area contributed by atoms with E-state index in [1.54, 1.807) is 0 Å². The van der Waals surface area contributed by atoms with Crippen molar-refractivity contribution in [3.05, 3.63) is 0 Å². The lowest BCUT2D eigenvalue weighted by Gasteiger charge is -2.33. The van der Waals surface area contributed by atoms with Gasteiger partial charge in [-0.15, -0.1) is 0 Å². The molecular weight excluding hydrogens is 256 g/mol. The fourth-order valence-corrected chi connectivity index (χ4v) is 2.72. The van der Waals surface area contributed by atoms with Crippen LogP contribution in [0.15, 0.2) is 0 Å². The third-order valence-corrected chi connectivity index (χ3v) is 3.76. The molecule has 0 aromatic carbocycles. The largest absolute Gasteiger partial charge is 0.464 e. The Balaban J connectivity index is 2.09. The number of ether oxygens (including phenoxy) is 1. The lowest BCUT2D eigenvalue weighted by molar-refractivity contribution is 0.275. The minimum atomic E-state index is 0.287. The Kier molecular flexibility index (Phi) is 4.94. The summed E-state index contributed by atoms with van der Waals surface area (Å²) in [6.45, 7) is 6.96. The Hall–Kier alpha value is -1.63. The second-order valence-electron chi connectivity index (χ2n) is 5.49. The van der Waals surface area contributed by atoms with Crippen molar-refractivity contribution in [3.63, 3.8) is 0 Å². The van der Waals surface area contributed by atoms with Gasteiger partial charge in [-0.3, -0.25) is 5.43 Å². The van der Waals surface area contributed by atoms with Crippen LogP contribution in [0.5, 0.6) is 6.01 Å². The van der Waals surface area contributed by atoms with Gasteiger partial charge in [0, 0.05) is 6.04 Å². The van der Waals surface area contributed by atoms with Gasteiger partial charge in [0.15, 0.2) is 0 Å². The van der Waals surface area contributed by atoms with E-state index in [-0.39, 0.29) is 6.01 Å². The number of rotatable bonds is 5. The number of nitrogens with zero attached hydrogens (tertiary/aromatic N) is 3. The molecule has 2 rings (SSSR count). The van der Waals surface area contributed by atoms with E-state index in [2.05, 4.69) is 39.5 Å². The summed E-state index contributed by atoms with van der Waals surface area (Å²) in [7, 11) is 0. The van der Waals surface area contributed by atoms with Crippen LogP contribution in [0.4, 0.5) is 11.9 Å². The highest BCUT2D eigenvalue weighted by atomic mass is 16.5. The summed E-state index contributed by atoms with van der Waals surface area (Å²) in [4.78, 5) is 12.5. The van der Waals surface area contributed by atoms with E-state index >= 15 is 0 Å². The first-order valence-electron chi connectivity index (χ1n) is 7.24. The highest BCUT2D eigenvalue weighted by Gasteiger charge is 2.26. The van der Waals surface area contributed by atoms with Crippen molar-refractivity contribution in [2.75, 3.05) is 17.3 Å². The quantitative estimate of drug-likeness (QED) is 0.558. The summed E-state index contributed by atoms with van der Waals surface area (Å²) in [6, 6.07) is 0.670. The molecule has 1 aliphatic carbocycles. The van der Waals surface area contributed by atoms with Crippen LogP contribution < -0.4 is 21.3 Å². The fraction of sp³-hybridized carbons (Fsp3) is 0.769. The lowest BCUT2D eigenvalue weighted by atomic mass is 9.80. The average Bonchev–Trinajstić information content (AvgIpc) is 2.42. The summed E-state index contributed by atoms with van der Waals surface area (Å²) >= 11 is 0. The zero-order chi connectivity index (χ0) is 14.5. The van der Waals surface area contributed by atoms with Gasteiger partial charge in [0.25, 0.3) is 0 Å². The molecule has 112 valence electrons. The van der Waals surface area contributed by atoms with Gasteiger partial charge in [0.1, 0.15) is 0 Å². The van der Waals surface area contributed by atoms with Crippen molar-refractivity contribution in [1.29, 1.82) is 0 Å². The van der Waals surface area contributed by atoms with Crippen molar-refractivity contribution in [3.8, 4) is 6.01 Å². The number of nitrogens with two attached hydrogens (primary N) is 1. The molecule has 0 saturated heterocycles. The summed E-state index contributed by atoms with van der Waals surface area (Å²) in [5, 5.41) is 3.39. The van der Waals surface area contributed by atoms with E-state index in [1.807, 2.05) is 6.92 Å². The van der Waals surface area contributed by atoms with Gasteiger partial charge in [-0.2, -0.15) is 15.0 Å². The molecule has 1 aromatic heterocycles. The number of aromatic nitrogens is 3. The van der Waals surface area contributed by atoms with E-state index in [0.717, 1.165) is 12.3 Å².